The van der Waals surface area contributed by atoms with E-state index in [0.717, 1.165) is 18.5 Å². The molecule has 15 heavy (non-hydrogen) atoms. The van der Waals surface area contributed by atoms with Crippen molar-refractivity contribution in [1.29, 1.82) is 0 Å². The van der Waals surface area contributed by atoms with Crippen LogP contribution in [0.4, 0.5) is 6.01 Å². The van der Waals surface area contributed by atoms with Crippen LogP contribution in [0.15, 0.2) is 10.7 Å². The molecule has 4 nitrogen and oxygen atoms in total. The van der Waals surface area contributed by atoms with Gasteiger partial charge in [-0.15, -0.1) is 11.6 Å². The van der Waals surface area contributed by atoms with Crippen molar-refractivity contribution in [1.82, 2.24) is 4.98 Å². The quantitative estimate of drug-likeness (QED) is 0.730. The summed E-state index contributed by atoms with van der Waals surface area (Å²) in [6, 6.07) is 0.339. The Bertz CT molecular complexity index is 325. The maximum absolute atomic E-state index is 11.5. The summed E-state index contributed by atoms with van der Waals surface area (Å²) in [7, 11) is 0. The van der Waals surface area contributed by atoms with Crippen LogP contribution >= 0.6 is 11.6 Å². The minimum absolute atomic E-state index is 0.0505. The third kappa shape index (κ3) is 3.23. The van der Waals surface area contributed by atoms with Gasteiger partial charge in [-0.2, -0.15) is 4.98 Å². The summed E-state index contributed by atoms with van der Waals surface area (Å²) in [6.45, 7) is 4.47. The predicted molar refractivity (Wildman–Crippen MR) is 59.2 cm³/mol. The molecule has 0 N–H and O–H groups in total. The van der Waals surface area contributed by atoms with Gasteiger partial charge in [-0.05, 0) is 13.3 Å². The fraction of sp³-hybridized carbons (Fsp3) is 0.600. The summed E-state index contributed by atoms with van der Waals surface area (Å²) in [5.74, 6) is -0.225. The lowest BCUT2D eigenvalue weighted by Crippen LogP contribution is -2.33. The van der Waals surface area contributed by atoms with Crippen LogP contribution in [-0.2, 0) is 4.79 Å². The van der Waals surface area contributed by atoms with E-state index in [2.05, 4.69) is 11.9 Å². The topological polar surface area (TPSA) is 46.3 Å². The molecular weight excluding hydrogens is 216 g/mol. The fourth-order valence-electron chi connectivity index (χ4n) is 1.18. The first-order chi connectivity index (χ1) is 7.19. The standard InChI is InChI=1S/C10H15ClN2O2/c1-3-4-5-13(9(14)6-11)10-12-8(2)7-15-10/h7H,3-6H2,1-2H3. The van der Waals surface area contributed by atoms with Gasteiger partial charge in [0, 0.05) is 6.54 Å². The molecule has 0 bridgehead atoms. The molecule has 1 heterocycles. The number of amides is 1. The number of unbranched alkanes of at least 4 members (excludes halogenated alkanes) is 1. The first kappa shape index (κ1) is 12.0. The highest BCUT2D eigenvalue weighted by Gasteiger charge is 2.18. The molecule has 0 aliphatic rings. The zero-order chi connectivity index (χ0) is 11.3. The van der Waals surface area contributed by atoms with Crippen LogP contribution in [0.5, 0.6) is 0 Å². The summed E-state index contributed by atoms with van der Waals surface area (Å²) in [4.78, 5) is 17.1. The molecule has 0 unspecified atom stereocenters. The molecule has 0 aliphatic carbocycles. The van der Waals surface area contributed by atoms with Crippen molar-refractivity contribution < 1.29 is 9.21 Å². The van der Waals surface area contributed by atoms with Crippen LogP contribution < -0.4 is 4.90 Å². The molecule has 0 aromatic carbocycles. The van der Waals surface area contributed by atoms with Crippen LogP contribution in [0.2, 0.25) is 0 Å². The predicted octanol–water partition coefficient (Wildman–Crippen LogP) is 2.35. The highest BCUT2D eigenvalue weighted by atomic mass is 35.5. The van der Waals surface area contributed by atoms with Gasteiger partial charge < -0.3 is 4.42 Å². The van der Waals surface area contributed by atoms with Crippen molar-refractivity contribution in [2.24, 2.45) is 0 Å². The van der Waals surface area contributed by atoms with Gasteiger partial charge in [0.25, 0.3) is 0 Å². The third-order valence-corrected chi connectivity index (χ3v) is 2.22. The molecule has 0 saturated heterocycles. The number of nitrogens with zero attached hydrogens (tertiary/aromatic N) is 2. The number of aryl methyl sites for hydroxylation is 1. The summed E-state index contributed by atoms with van der Waals surface area (Å²) in [6.07, 6.45) is 3.44. The number of aromatic nitrogens is 1. The van der Waals surface area contributed by atoms with E-state index in [0.29, 0.717) is 12.6 Å². The molecule has 0 fully saturated rings. The van der Waals surface area contributed by atoms with Crippen molar-refractivity contribution in [2.45, 2.75) is 26.7 Å². The Labute approximate surface area is 94.2 Å². The number of anilines is 1. The van der Waals surface area contributed by atoms with Crippen LogP contribution in [0, 0.1) is 6.92 Å². The largest absolute Gasteiger partial charge is 0.431 e. The van der Waals surface area contributed by atoms with Gasteiger partial charge in [-0.1, -0.05) is 13.3 Å². The number of alkyl halides is 1. The zero-order valence-corrected chi connectivity index (χ0v) is 9.75. The van der Waals surface area contributed by atoms with Crippen molar-refractivity contribution >= 4 is 23.5 Å². The zero-order valence-electron chi connectivity index (χ0n) is 8.99. The van der Waals surface area contributed by atoms with Crippen LogP contribution in [0.3, 0.4) is 0 Å². The smallest absolute Gasteiger partial charge is 0.304 e. The number of hydrogen-bond acceptors (Lipinski definition) is 3. The summed E-state index contributed by atoms with van der Waals surface area (Å²) in [5, 5.41) is 0. The number of carbonyl (C=O) groups excluding carboxylic acids is 1. The second-order valence-corrected chi connectivity index (χ2v) is 3.57. The molecule has 0 saturated carbocycles. The Morgan fingerprint density at radius 1 is 1.67 bits per heavy atom. The maximum Gasteiger partial charge on any atom is 0.304 e. The molecule has 0 spiro atoms. The van der Waals surface area contributed by atoms with Gasteiger partial charge >= 0.3 is 6.01 Å². The average Bonchev–Trinajstić information content (AvgIpc) is 2.65. The second kappa shape index (κ2) is 5.75. The van der Waals surface area contributed by atoms with Crippen LogP contribution in [-0.4, -0.2) is 23.3 Å². The van der Waals surface area contributed by atoms with Crippen LogP contribution in [0.1, 0.15) is 25.5 Å². The lowest BCUT2D eigenvalue weighted by atomic mass is 10.3. The van der Waals surface area contributed by atoms with Crippen LogP contribution in [0.25, 0.3) is 0 Å². The van der Waals surface area contributed by atoms with E-state index in [1.165, 1.54) is 11.2 Å². The molecule has 1 aromatic heterocycles. The van der Waals surface area contributed by atoms with Crippen molar-refractivity contribution in [3.05, 3.63) is 12.0 Å². The van der Waals surface area contributed by atoms with Crippen molar-refractivity contribution in [3.63, 3.8) is 0 Å². The summed E-state index contributed by atoms with van der Waals surface area (Å²) in [5.41, 5.74) is 0.758. The number of carbonyl (C=O) groups is 1. The highest BCUT2D eigenvalue weighted by molar-refractivity contribution is 6.29. The first-order valence-electron chi connectivity index (χ1n) is 4.97. The van der Waals surface area contributed by atoms with Gasteiger partial charge in [0.15, 0.2) is 0 Å². The summed E-state index contributed by atoms with van der Waals surface area (Å²) < 4.78 is 5.18. The molecule has 1 aromatic rings. The van der Waals surface area contributed by atoms with E-state index in [1.54, 1.807) is 0 Å². The highest BCUT2D eigenvalue weighted by Crippen LogP contribution is 2.14. The molecule has 0 radical (unpaired) electrons. The molecular formula is C10H15ClN2O2. The second-order valence-electron chi connectivity index (χ2n) is 3.30. The molecule has 5 heteroatoms. The van der Waals surface area contributed by atoms with Gasteiger partial charge in [0.2, 0.25) is 5.91 Å². The number of rotatable bonds is 5. The minimum atomic E-state index is -0.174. The van der Waals surface area contributed by atoms with E-state index in [-0.39, 0.29) is 11.8 Å². The Morgan fingerprint density at radius 2 is 2.40 bits per heavy atom. The Balaban J connectivity index is 2.76. The Kier molecular flexibility index (Phi) is 4.62. The summed E-state index contributed by atoms with van der Waals surface area (Å²) >= 11 is 5.52. The Morgan fingerprint density at radius 3 is 2.87 bits per heavy atom. The average molecular weight is 231 g/mol. The number of halogens is 1. The molecule has 0 aliphatic heterocycles. The van der Waals surface area contributed by atoms with E-state index < -0.39 is 0 Å². The van der Waals surface area contributed by atoms with E-state index in [1.807, 2.05) is 6.92 Å². The molecule has 0 atom stereocenters. The normalized spacial score (nSPS) is 10.3. The van der Waals surface area contributed by atoms with Gasteiger partial charge in [0.05, 0.1) is 5.69 Å². The number of hydrogen-bond donors (Lipinski definition) is 0. The van der Waals surface area contributed by atoms with E-state index in [4.69, 9.17) is 16.0 Å². The van der Waals surface area contributed by atoms with Gasteiger partial charge in [-0.25, -0.2) is 0 Å². The first-order valence-corrected chi connectivity index (χ1v) is 5.51. The van der Waals surface area contributed by atoms with Crippen molar-refractivity contribution in [2.75, 3.05) is 17.3 Å². The minimum Gasteiger partial charge on any atom is -0.431 e. The number of oxazole rings is 1. The lowest BCUT2D eigenvalue weighted by molar-refractivity contribution is -0.116. The SMILES string of the molecule is CCCCN(C(=O)CCl)c1nc(C)co1. The maximum atomic E-state index is 11.5. The fourth-order valence-corrected chi connectivity index (χ4v) is 1.33. The molecule has 84 valence electrons. The van der Waals surface area contributed by atoms with Crippen molar-refractivity contribution in [3.8, 4) is 0 Å². The van der Waals surface area contributed by atoms with Gasteiger partial charge in [0.1, 0.15) is 12.1 Å². The third-order valence-electron chi connectivity index (χ3n) is 1.99. The monoisotopic (exact) mass is 230 g/mol. The van der Waals surface area contributed by atoms with E-state index in [9.17, 15) is 4.79 Å². The molecule has 1 amide bonds. The lowest BCUT2D eigenvalue weighted by Gasteiger charge is -2.16. The van der Waals surface area contributed by atoms with Gasteiger partial charge in [-0.3, -0.25) is 9.69 Å². The van der Waals surface area contributed by atoms with E-state index >= 15 is 0 Å². The molecule has 1 rings (SSSR count). The Hall–Kier alpha value is -1.03.